The van der Waals surface area contributed by atoms with Crippen molar-refractivity contribution in [2.24, 2.45) is 5.41 Å². The van der Waals surface area contributed by atoms with Crippen LogP contribution in [0.25, 0.3) is 0 Å². The van der Waals surface area contributed by atoms with Gasteiger partial charge in [0.15, 0.2) is 0 Å². The predicted octanol–water partition coefficient (Wildman–Crippen LogP) is 2.85. The average Bonchev–Trinajstić information content (AvgIpc) is 2.25. The number of ether oxygens (including phenoxy) is 1. The average molecular weight is 218 g/mol. The molecule has 1 aromatic rings. The van der Waals surface area contributed by atoms with Gasteiger partial charge in [-0.15, -0.1) is 0 Å². The second-order valence-electron chi connectivity index (χ2n) is 5.73. The molecule has 1 saturated carbocycles. The van der Waals surface area contributed by atoms with Gasteiger partial charge in [0, 0.05) is 11.0 Å². The van der Waals surface area contributed by atoms with Crippen molar-refractivity contribution in [2.75, 3.05) is 0 Å². The first-order valence-corrected chi connectivity index (χ1v) is 5.92. The van der Waals surface area contributed by atoms with Crippen molar-refractivity contribution in [2.45, 2.75) is 44.8 Å². The number of para-hydroxylation sites is 1. The van der Waals surface area contributed by atoms with Crippen molar-refractivity contribution in [1.29, 1.82) is 0 Å². The van der Waals surface area contributed by atoms with E-state index in [0.29, 0.717) is 0 Å². The maximum Gasteiger partial charge on any atom is 0.126 e. The van der Waals surface area contributed by atoms with E-state index in [9.17, 15) is 5.11 Å². The summed E-state index contributed by atoms with van der Waals surface area (Å²) in [7, 11) is 0. The van der Waals surface area contributed by atoms with E-state index in [0.717, 1.165) is 24.2 Å². The summed E-state index contributed by atoms with van der Waals surface area (Å²) in [4.78, 5) is 0. The Kier molecular flexibility index (Phi) is 1.66. The highest BCUT2D eigenvalue weighted by molar-refractivity contribution is 5.44. The Balaban J connectivity index is 2.23. The zero-order chi connectivity index (χ0) is 11.6. The van der Waals surface area contributed by atoms with Gasteiger partial charge in [0.2, 0.25) is 0 Å². The van der Waals surface area contributed by atoms with Crippen LogP contribution in [0, 0.1) is 5.41 Å². The van der Waals surface area contributed by atoms with E-state index in [2.05, 4.69) is 13.8 Å². The second kappa shape index (κ2) is 2.62. The number of aliphatic hydroxyl groups is 1. The molecule has 1 heterocycles. The van der Waals surface area contributed by atoms with Gasteiger partial charge in [-0.3, -0.25) is 0 Å². The fourth-order valence-electron chi connectivity index (χ4n) is 3.27. The molecule has 0 spiro atoms. The molecule has 16 heavy (non-hydrogen) atoms. The van der Waals surface area contributed by atoms with Crippen molar-refractivity contribution in [3.05, 3.63) is 29.8 Å². The van der Waals surface area contributed by atoms with Crippen LogP contribution in [0.4, 0.5) is 0 Å². The smallest absolute Gasteiger partial charge is 0.126 e. The maximum atomic E-state index is 10.9. The van der Waals surface area contributed by atoms with Gasteiger partial charge in [0.25, 0.3) is 0 Å². The van der Waals surface area contributed by atoms with Crippen molar-refractivity contribution >= 4 is 0 Å². The van der Waals surface area contributed by atoms with E-state index in [4.69, 9.17) is 4.74 Å². The lowest BCUT2D eigenvalue weighted by molar-refractivity contribution is -0.244. The second-order valence-corrected chi connectivity index (χ2v) is 5.73. The molecule has 0 bridgehead atoms. The summed E-state index contributed by atoms with van der Waals surface area (Å²) in [5, 5.41) is 10.9. The van der Waals surface area contributed by atoms with E-state index < -0.39 is 5.60 Å². The first-order chi connectivity index (χ1) is 7.41. The summed E-state index contributed by atoms with van der Waals surface area (Å²) in [6, 6.07) is 7.84. The van der Waals surface area contributed by atoms with Crippen molar-refractivity contribution < 1.29 is 9.84 Å². The zero-order valence-electron chi connectivity index (χ0n) is 10.1. The molecule has 0 amide bonds. The Morgan fingerprint density at radius 3 is 2.44 bits per heavy atom. The third-order valence-corrected chi connectivity index (χ3v) is 5.09. The van der Waals surface area contributed by atoms with E-state index in [1.165, 1.54) is 0 Å². The number of benzene rings is 1. The molecule has 1 N–H and O–H groups in total. The summed E-state index contributed by atoms with van der Waals surface area (Å²) in [6.45, 7) is 6.17. The lowest BCUT2D eigenvalue weighted by Crippen LogP contribution is -2.68. The normalized spacial score (nSPS) is 45.0. The van der Waals surface area contributed by atoms with Crippen LogP contribution in [0.3, 0.4) is 0 Å². The minimum absolute atomic E-state index is 0.172. The Bertz CT molecular complexity index is 452. The lowest BCUT2D eigenvalue weighted by atomic mass is 9.48. The van der Waals surface area contributed by atoms with Gasteiger partial charge < -0.3 is 9.84 Å². The Labute approximate surface area is 96.2 Å². The number of hydrogen-bond acceptors (Lipinski definition) is 2. The van der Waals surface area contributed by atoms with Gasteiger partial charge in [0.1, 0.15) is 11.4 Å². The van der Waals surface area contributed by atoms with E-state index in [1.807, 2.05) is 31.2 Å². The van der Waals surface area contributed by atoms with Gasteiger partial charge in [0.05, 0.1) is 5.60 Å². The van der Waals surface area contributed by atoms with Crippen molar-refractivity contribution in [3.63, 3.8) is 0 Å². The van der Waals surface area contributed by atoms with E-state index in [1.54, 1.807) is 0 Å². The molecule has 2 heteroatoms. The van der Waals surface area contributed by atoms with Crippen LogP contribution < -0.4 is 4.74 Å². The topological polar surface area (TPSA) is 29.5 Å². The molecule has 1 aliphatic heterocycles. The molecule has 3 atom stereocenters. The minimum atomic E-state index is -0.797. The summed E-state index contributed by atoms with van der Waals surface area (Å²) >= 11 is 0. The van der Waals surface area contributed by atoms with Gasteiger partial charge in [-0.05, 0) is 32.8 Å². The van der Waals surface area contributed by atoms with Crippen molar-refractivity contribution in [3.8, 4) is 5.75 Å². The molecular weight excluding hydrogens is 200 g/mol. The molecule has 0 unspecified atom stereocenters. The summed E-state index contributed by atoms with van der Waals surface area (Å²) in [5.41, 5.74) is -0.261. The molecule has 0 saturated heterocycles. The molecule has 1 fully saturated rings. The summed E-state index contributed by atoms with van der Waals surface area (Å²) < 4.78 is 6.10. The highest BCUT2D eigenvalue weighted by Gasteiger charge is 2.67. The largest absolute Gasteiger partial charge is 0.486 e. The summed E-state index contributed by atoms with van der Waals surface area (Å²) in [5.74, 6) is 0.840. The molecule has 2 nitrogen and oxygen atoms in total. The number of hydrogen-bond donors (Lipinski definition) is 1. The summed E-state index contributed by atoms with van der Waals surface area (Å²) in [6.07, 6.45) is 2.04. The molecular formula is C14H18O2. The van der Waals surface area contributed by atoms with E-state index >= 15 is 0 Å². The van der Waals surface area contributed by atoms with Crippen LogP contribution >= 0.6 is 0 Å². The third kappa shape index (κ3) is 0.881. The minimum Gasteiger partial charge on any atom is -0.486 e. The van der Waals surface area contributed by atoms with Crippen LogP contribution in [0.1, 0.15) is 39.2 Å². The molecule has 0 aromatic heterocycles. The molecule has 86 valence electrons. The van der Waals surface area contributed by atoms with Crippen LogP contribution in [0.15, 0.2) is 24.3 Å². The highest BCUT2D eigenvalue weighted by Crippen LogP contribution is 2.65. The fraction of sp³-hybridized carbons (Fsp3) is 0.571. The predicted molar refractivity (Wildman–Crippen MR) is 62.4 cm³/mol. The zero-order valence-corrected chi connectivity index (χ0v) is 10.1. The third-order valence-electron chi connectivity index (χ3n) is 5.09. The van der Waals surface area contributed by atoms with Gasteiger partial charge >= 0.3 is 0 Å². The number of fused-ring (bicyclic) bond motifs is 2. The highest BCUT2D eigenvalue weighted by atomic mass is 16.5. The van der Waals surface area contributed by atoms with Gasteiger partial charge in [-0.1, -0.05) is 25.1 Å². The SMILES string of the molecule is C[C@@]12CC[C@]1(C)Oc1ccccc1[C@]2(C)O. The number of rotatable bonds is 0. The fourth-order valence-corrected chi connectivity index (χ4v) is 3.27. The monoisotopic (exact) mass is 218 g/mol. The lowest BCUT2D eigenvalue weighted by Gasteiger charge is -2.64. The molecule has 1 aliphatic carbocycles. The molecule has 1 aromatic carbocycles. The van der Waals surface area contributed by atoms with E-state index in [-0.39, 0.29) is 11.0 Å². The molecule has 0 radical (unpaired) electrons. The van der Waals surface area contributed by atoms with Crippen molar-refractivity contribution in [1.82, 2.24) is 0 Å². The molecule has 3 rings (SSSR count). The Hall–Kier alpha value is -1.02. The quantitative estimate of drug-likeness (QED) is 0.725. The standard InChI is InChI=1S/C14H18O2/c1-12-8-9-13(12,2)16-11-7-5-4-6-10(11)14(12,3)15/h4-7,15H,8-9H2,1-3H3/t12-,13+,14+/m1/s1. The van der Waals surface area contributed by atoms with Crippen LogP contribution in [0.5, 0.6) is 5.75 Å². The first-order valence-electron chi connectivity index (χ1n) is 5.92. The van der Waals surface area contributed by atoms with Gasteiger partial charge in [-0.2, -0.15) is 0 Å². The van der Waals surface area contributed by atoms with Gasteiger partial charge in [-0.25, -0.2) is 0 Å². The van der Waals surface area contributed by atoms with Crippen LogP contribution in [-0.2, 0) is 5.60 Å². The molecule has 2 aliphatic rings. The van der Waals surface area contributed by atoms with Crippen LogP contribution in [-0.4, -0.2) is 10.7 Å². The van der Waals surface area contributed by atoms with Crippen LogP contribution in [0.2, 0.25) is 0 Å². The Morgan fingerprint density at radius 1 is 1.12 bits per heavy atom. The maximum absolute atomic E-state index is 10.9. The first kappa shape index (κ1) is 10.2. The Morgan fingerprint density at radius 2 is 1.81 bits per heavy atom.